The van der Waals surface area contributed by atoms with Crippen molar-refractivity contribution in [1.82, 2.24) is 9.97 Å². The standard InChI is InChI=1S/C14H15FN2O/c1-8(2)14-16-12(7-13(18)17-14)10-5-4-9(3)11(15)6-10/h4-8H,1-3H3,(H,16,17,18). The molecule has 0 spiro atoms. The molecule has 0 fully saturated rings. The molecule has 18 heavy (non-hydrogen) atoms. The van der Waals surface area contributed by atoms with Gasteiger partial charge in [0.25, 0.3) is 5.56 Å². The summed E-state index contributed by atoms with van der Waals surface area (Å²) >= 11 is 0. The van der Waals surface area contributed by atoms with Gasteiger partial charge in [0.05, 0.1) is 5.69 Å². The Bertz CT molecular complexity index is 632. The van der Waals surface area contributed by atoms with Gasteiger partial charge in [0.15, 0.2) is 0 Å². The van der Waals surface area contributed by atoms with Crippen molar-refractivity contribution in [3.8, 4) is 11.3 Å². The van der Waals surface area contributed by atoms with E-state index >= 15 is 0 Å². The summed E-state index contributed by atoms with van der Waals surface area (Å²) in [5, 5.41) is 0. The number of hydrogen-bond donors (Lipinski definition) is 1. The highest BCUT2D eigenvalue weighted by Gasteiger charge is 2.08. The lowest BCUT2D eigenvalue weighted by molar-refractivity contribution is 0.619. The van der Waals surface area contributed by atoms with Gasteiger partial charge in [0.1, 0.15) is 11.6 Å². The third-order valence-corrected chi connectivity index (χ3v) is 2.77. The molecule has 0 saturated heterocycles. The van der Waals surface area contributed by atoms with Crippen LogP contribution in [0.3, 0.4) is 0 Å². The van der Waals surface area contributed by atoms with E-state index < -0.39 is 0 Å². The Kier molecular flexibility index (Phi) is 3.28. The van der Waals surface area contributed by atoms with E-state index in [1.165, 1.54) is 12.1 Å². The largest absolute Gasteiger partial charge is 0.310 e. The van der Waals surface area contributed by atoms with E-state index in [4.69, 9.17) is 0 Å². The van der Waals surface area contributed by atoms with Gasteiger partial charge in [-0.05, 0) is 18.6 Å². The van der Waals surface area contributed by atoms with Crippen LogP contribution in [0, 0.1) is 12.7 Å². The van der Waals surface area contributed by atoms with Crippen molar-refractivity contribution in [1.29, 1.82) is 0 Å². The minimum Gasteiger partial charge on any atom is -0.310 e. The predicted molar refractivity (Wildman–Crippen MR) is 69.1 cm³/mol. The van der Waals surface area contributed by atoms with Crippen LogP contribution in [0.15, 0.2) is 29.1 Å². The van der Waals surface area contributed by atoms with Gasteiger partial charge >= 0.3 is 0 Å². The van der Waals surface area contributed by atoms with Crippen LogP contribution < -0.4 is 5.56 Å². The molecule has 0 aliphatic rings. The van der Waals surface area contributed by atoms with Gasteiger partial charge in [-0.2, -0.15) is 0 Å². The van der Waals surface area contributed by atoms with Gasteiger partial charge in [-0.15, -0.1) is 0 Å². The Balaban J connectivity index is 2.56. The third kappa shape index (κ3) is 2.47. The molecule has 1 heterocycles. The fourth-order valence-electron chi connectivity index (χ4n) is 1.65. The number of nitrogens with zero attached hydrogens (tertiary/aromatic N) is 1. The summed E-state index contributed by atoms with van der Waals surface area (Å²) in [6.07, 6.45) is 0. The van der Waals surface area contributed by atoms with E-state index in [1.807, 2.05) is 13.8 Å². The van der Waals surface area contributed by atoms with Crippen molar-refractivity contribution in [3.05, 3.63) is 51.8 Å². The Morgan fingerprint density at radius 3 is 2.61 bits per heavy atom. The summed E-state index contributed by atoms with van der Waals surface area (Å²) in [5.74, 6) is 0.437. The van der Waals surface area contributed by atoms with Crippen molar-refractivity contribution >= 4 is 0 Å². The molecule has 1 aromatic heterocycles. The van der Waals surface area contributed by atoms with Crippen molar-refractivity contribution < 1.29 is 4.39 Å². The van der Waals surface area contributed by atoms with Gasteiger partial charge in [0, 0.05) is 17.5 Å². The minimum absolute atomic E-state index is 0.118. The van der Waals surface area contributed by atoms with Crippen LogP contribution >= 0.6 is 0 Å². The summed E-state index contributed by atoms with van der Waals surface area (Å²) in [7, 11) is 0. The molecule has 0 amide bonds. The van der Waals surface area contributed by atoms with Gasteiger partial charge in [-0.3, -0.25) is 4.79 Å². The Hall–Kier alpha value is -1.97. The van der Waals surface area contributed by atoms with E-state index in [1.54, 1.807) is 19.1 Å². The Morgan fingerprint density at radius 2 is 2.00 bits per heavy atom. The zero-order valence-corrected chi connectivity index (χ0v) is 10.6. The molecular formula is C14H15FN2O. The molecule has 3 nitrogen and oxygen atoms in total. The molecule has 0 radical (unpaired) electrons. The monoisotopic (exact) mass is 246 g/mol. The average Bonchev–Trinajstić information content (AvgIpc) is 2.31. The number of nitrogens with one attached hydrogen (secondary N) is 1. The van der Waals surface area contributed by atoms with E-state index in [0.29, 0.717) is 22.6 Å². The first-order valence-corrected chi connectivity index (χ1v) is 5.85. The van der Waals surface area contributed by atoms with E-state index in [0.717, 1.165) is 0 Å². The van der Waals surface area contributed by atoms with Crippen LogP contribution in [0.4, 0.5) is 4.39 Å². The number of aromatic nitrogens is 2. The normalized spacial score (nSPS) is 10.9. The van der Waals surface area contributed by atoms with Crippen molar-refractivity contribution in [3.63, 3.8) is 0 Å². The van der Waals surface area contributed by atoms with Gasteiger partial charge in [-0.25, -0.2) is 9.37 Å². The second kappa shape index (κ2) is 4.72. The first-order chi connectivity index (χ1) is 8.47. The molecule has 0 aliphatic heterocycles. The minimum atomic E-state index is -0.291. The molecule has 1 N–H and O–H groups in total. The Labute approximate surface area is 105 Å². The van der Waals surface area contributed by atoms with Gasteiger partial charge in [-0.1, -0.05) is 26.0 Å². The van der Waals surface area contributed by atoms with Crippen LogP contribution in [-0.2, 0) is 0 Å². The molecule has 2 rings (SSSR count). The molecule has 1 aromatic carbocycles. The molecule has 4 heteroatoms. The molecular weight excluding hydrogens is 231 g/mol. The number of aryl methyl sites for hydroxylation is 1. The highest BCUT2D eigenvalue weighted by Crippen LogP contribution is 2.20. The van der Waals surface area contributed by atoms with Gasteiger partial charge in [0.2, 0.25) is 0 Å². The number of rotatable bonds is 2. The molecule has 2 aromatic rings. The summed E-state index contributed by atoms with van der Waals surface area (Å²) in [6, 6.07) is 6.24. The summed E-state index contributed by atoms with van der Waals surface area (Å²) < 4.78 is 13.5. The lowest BCUT2D eigenvalue weighted by Crippen LogP contribution is -2.12. The molecule has 0 bridgehead atoms. The molecule has 0 aliphatic carbocycles. The third-order valence-electron chi connectivity index (χ3n) is 2.77. The second-order valence-corrected chi connectivity index (χ2v) is 4.63. The topological polar surface area (TPSA) is 45.8 Å². The van der Waals surface area contributed by atoms with Crippen LogP contribution in [-0.4, -0.2) is 9.97 Å². The molecule has 0 saturated carbocycles. The van der Waals surface area contributed by atoms with Gasteiger partial charge < -0.3 is 4.98 Å². The van der Waals surface area contributed by atoms with Crippen LogP contribution in [0.1, 0.15) is 31.2 Å². The molecule has 0 atom stereocenters. The SMILES string of the molecule is Cc1ccc(-c2cc(=O)[nH]c(C(C)C)n2)cc1F. The van der Waals surface area contributed by atoms with Crippen LogP contribution in [0.25, 0.3) is 11.3 Å². The number of H-pyrrole nitrogens is 1. The Morgan fingerprint density at radius 1 is 1.28 bits per heavy atom. The maximum absolute atomic E-state index is 13.5. The fourth-order valence-corrected chi connectivity index (χ4v) is 1.65. The summed E-state index contributed by atoms with van der Waals surface area (Å²) in [4.78, 5) is 18.6. The smallest absolute Gasteiger partial charge is 0.251 e. The number of aromatic amines is 1. The second-order valence-electron chi connectivity index (χ2n) is 4.63. The summed E-state index contributed by atoms with van der Waals surface area (Å²) in [6.45, 7) is 5.58. The number of benzene rings is 1. The average molecular weight is 246 g/mol. The maximum Gasteiger partial charge on any atom is 0.251 e. The number of halogens is 1. The van der Waals surface area contributed by atoms with Crippen molar-refractivity contribution in [2.45, 2.75) is 26.7 Å². The zero-order valence-electron chi connectivity index (χ0n) is 10.6. The van der Waals surface area contributed by atoms with Crippen molar-refractivity contribution in [2.24, 2.45) is 0 Å². The number of hydrogen-bond acceptors (Lipinski definition) is 2. The first-order valence-electron chi connectivity index (χ1n) is 5.85. The van der Waals surface area contributed by atoms with Crippen LogP contribution in [0.2, 0.25) is 0 Å². The molecule has 94 valence electrons. The highest BCUT2D eigenvalue weighted by atomic mass is 19.1. The van der Waals surface area contributed by atoms with Crippen molar-refractivity contribution in [2.75, 3.05) is 0 Å². The van der Waals surface area contributed by atoms with E-state index in [9.17, 15) is 9.18 Å². The fraction of sp³-hybridized carbons (Fsp3) is 0.286. The predicted octanol–water partition coefficient (Wildman–Crippen LogP) is 3.01. The lowest BCUT2D eigenvalue weighted by Gasteiger charge is -2.07. The van der Waals surface area contributed by atoms with E-state index in [-0.39, 0.29) is 17.3 Å². The summed E-state index contributed by atoms with van der Waals surface area (Å²) in [5.41, 5.74) is 1.48. The van der Waals surface area contributed by atoms with Crippen LogP contribution in [0.5, 0.6) is 0 Å². The maximum atomic E-state index is 13.5. The quantitative estimate of drug-likeness (QED) is 0.885. The zero-order chi connectivity index (χ0) is 13.3. The molecule has 0 unspecified atom stereocenters. The lowest BCUT2D eigenvalue weighted by atomic mass is 10.1. The highest BCUT2D eigenvalue weighted by molar-refractivity contribution is 5.59. The first kappa shape index (κ1) is 12.5. The van der Waals surface area contributed by atoms with E-state index in [2.05, 4.69) is 9.97 Å².